The summed E-state index contributed by atoms with van der Waals surface area (Å²) < 4.78 is 7.01. The number of hydrogen-bond acceptors (Lipinski definition) is 8. The Hall–Kier alpha value is -2.27. The number of carbonyl (C=O) groups is 2. The maximum Gasteiger partial charge on any atom is 0.410 e. The zero-order chi connectivity index (χ0) is 16.0. The molecule has 11 heteroatoms. The molecule has 4 heterocycles. The van der Waals surface area contributed by atoms with Gasteiger partial charge in [0.15, 0.2) is 5.60 Å². The molecule has 23 heavy (non-hydrogen) atoms. The van der Waals surface area contributed by atoms with E-state index in [1.807, 2.05) is 0 Å². The van der Waals surface area contributed by atoms with Crippen molar-refractivity contribution in [1.29, 1.82) is 0 Å². The molecule has 3 aliphatic rings. The second-order valence-electron chi connectivity index (χ2n) is 6.28. The van der Waals surface area contributed by atoms with Crippen molar-refractivity contribution in [2.75, 3.05) is 33.2 Å². The Morgan fingerprint density at radius 2 is 2.35 bits per heavy atom. The van der Waals surface area contributed by atoms with Gasteiger partial charge in [-0.05, 0) is 10.4 Å². The van der Waals surface area contributed by atoms with Gasteiger partial charge >= 0.3 is 6.09 Å². The fraction of sp³-hybridized carbons (Fsp3) is 0.750. The van der Waals surface area contributed by atoms with E-state index in [1.54, 1.807) is 16.8 Å². The summed E-state index contributed by atoms with van der Waals surface area (Å²) in [6.45, 7) is 2.03. The molecule has 4 rings (SSSR count). The monoisotopic (exact) mass is 322 g/mol. The Balaban J connectivity index is 1.47. The molecule has 0 aromatic carbocycles. The number of likely N-dealkylation sites (N-methyl/N-ethyl adjacent to an activating group) is 1. The Labute approximate surface area is 131 Å². The highest BCUT2D eigenvalue weighted by Crippen LogP contribution is 2.33. The summed E-state index contributed by atoms with van der Waals surface area (Å²) in [6.07, 6.45) is 1.49. The van der Waals surface area contributed by atoms with E-state index in [0.717, 1.165) is 0 Å². The molecule has 1 aromatic rings. The molecule has 1 aromatic heterocycles. The molecule has 3 unspecified atom stereocenters. The Bertz CT molecular complexity index is 622. The molecule has 0 saturated carbocycles. The summed E-state index contributed by atoms with van der Waals surface area (Å²) in [7, 11) is 1.71. The Morgan fingerprint density at radius 3 is 3.04 bits per heavy atom. The molecule has 3 fully saturated rings. The van der Waals surface area contributed by atoms with E-state index in [9.17, 15) is 9.59 Å². The van der Waals surface area contributed by atoms with Gasteiger partial charge in [0.2, 0.25) is 5.91 Å². The molecule has 1 spiro atoms. The molecular formula is C12H18N8O3. The third kappa shape index (κ3) is 2.32. The molecule has 124 valence electrons. The van der Waals surface area contributed by atoms with Gasteiger partial charge in [-0.25, -0.2) is 14.9 Å². The summed E-state index contributed by atoms with van der Waals surface area (Å²) in [4.78, 5) is 27.8. The molecule has 3 atom stereocenters. The lowest BCUT2D eigenvalue weighted by atomic mass is 10.0. The smallest absolute Gasteiger partial charge is 0.410 e. The second-order valence-corrected chi connectivity index (χ2v) is 6.28. The van der Waals surface area contributed by atoms with Crippen LogP contribution in [0.2, 0.25) is 0 Å². The van der Waals surface area contributed by atoms with Gasteiger partial charge in [-0.1, -0.05) is 0 Å². The van der Waals surface area contributed by atoms with E-state index in [-0.39, 0.29) is 24.1 Å². The molecular weight excluding hydrogens is 304 g/mol. The van der Waals surface area contributed by atoms with Crippen LogP contribution in [0.1, 0.15) is 12.6 Å². The number of likely N-dealkylation sites (tertiary alicyclic amines) is 1. The van der Waals surface area contributed by atoms with Gasteiger partial charge in [0.1, 0.15) is 12.5 Å². The lowest BCUT2D eigenvalue weighted by molar-refractivity contribution is -0.136. The van der Waals surface area contributed by atoms with Crippen LogP contribution in [0.3, 0.4) is 0 Å². The van der Waals surface area contributed by atoms with E-state index < -0.39 is 5.60 Å². The van der Waals surface area contributed by atoms with E-state index >= 15 is 0 Å². The van der Waals surface area contributed by atoms with Crippen LogP contribution in [0.25, 0.3) is 0 Å². The summed E-state index contributed by atoms with van der Waals surface area (Å²) in [5, 5.41) is 11.1. The van der Waals surface area contributed by atoms with E-state index in [0.29, 0.717) is 32.6 Å². The zero-order valence-corrected chi connectivity index (χ0v) is 12.7. The van der Waals surface area contributed by atoms with E-state index in [1.165, 1.54) is 11.0 Å². The van der Waals surface area contributed by atoms with Gasteiger partial charge in [0.05, 0.1) is 19.0 Å². The molecule has 11 nitrogen and oxygen atoms in total. The third-order valence-corrected chi connectivity index (χ3v) is 4.69. The van der Waals surface area contributed by atoms with Crippen molar-refractivity contribution in [3.05, 3.63) is 6.33 Å². The minimum absolute atomic E-state index is 0.00507. The van der Waals surface area contributed by atoms with Crippen molar-refractivity contribution < 1.29 is 14.3 Å². The Morgan fingerprint density at radius 1 is 1.48 bits per heavy atom. The first-order valence-electron chi connectivity index (χ1n) is 7.52. The number of aromatic nitrogens is 4. The normalized spacial score (nSPS) is 33.7. The number of nitrogens with zero attached hydrogens (tertiary/aromatic N) is 6. The lowest BCUT2D eigenvalue weighted by Gasteiger charge is -2.25. The molecule has 3 saturated heterocycles. The first-order chi connectivity index (χ1) is 11.1. The Kier molecular flexibility index (Phi) is 3.20. The van der Waals surface area contributed by atoms with Crippen molar-refractivity contribution in [1.82, 2.24) is 40.9 Å². The number of rotatable bonds is 2. The number of hydrazine groups is 1. The van der Waals surface area contributed by atoms with Crippen LogP contribution in [-0.4, -0.2) is 80.8 Å². The van der Waals surface area contributed by atoms with Crippen LogP contribution < -0.4 is 10.9 Å². The quantitative estimate of drug-likeness (QED) is 0.639. The van der Waals surface area contributed by atoms with Crippen molar-refractivity contribution in [3.63, 3.8) is 0 Å². The largest absolute Gasteiger partial charge is 0.439 e. The maximum atomic E-state index is 12.9. The fourth-order valence-electron chi connectivity index (χ4n) is 3.53. The number of tetrazole rings is 1. The van der Waals surface area contributed by atoms with E-state index in [2.05, 4.69) is 26.4 Å². The third-order valence-electron chi connectivity index (χ3n) is 4.69. The topological polar surface area (TPSA) is 118 Å². The molecule has 0 radical (unpaired) electrons. The predicted octanol–water partition coefficient (Wildman–Crippen LogP) is -2.05. The molecule has 2 N–H and O–H groups in total. The molecule has 3 aliphatic heterocycles. The molecule has 0 aliphatic carbocycles. The van der Waals surface area contributed by atoms with Gasteiger partial charge in [-0.15, -0.1) is 5.10 Å². The minimum atomic E-state index is -0.564. The van der Waals surface area contributed by atoms with Crippen LogP contribution in [0, 0.1) is 5.92 Å². The SMILES string of the molecule is CN1CC2(CCN(C(=O)C3CNNC3n3cnnn3)C2)OC1=O. The maximum absolute atomic E-state index is 12.9. The molecule has 0 bridgehead atoms. The van der Waals surface area contributed by atoms with Crippen LogP contribution in [0.15, 0.2) is 6.33 Å². The average Bonchev–Trinajstić information content (AvgIpc) is 3.28. The van der Waals surface area contributed by atoms with Gasteiger partial charge in [0, 0.05) is 26.6 Å². The summed E-state index contributed by atoms with van der Waals surface area (Å²) in [6, 6.07) is 0. The minimum Gasteiger partial charge on any atom is -0.439 e. The van der Waals surface area contributed by atoms with Crippen LogP contribution in [0.4, 0.5) is 4.79 Å². The van der Waals surface area contributed by atoms with Crippen molar-refractivity contribution >= 4 is 12.0 Å². The first-order valence-corrected chi connectivity index (χ1v) is 7.52. The first kappa shape index (κ1) is 14.3. The number of nitrogens with one attached hydrogen (secondary N) is 2. The standard InChI is InChI=1S/C12H18N8O3/c1-18-5-12(23-11(18)22)2-3-19(6-12)10(21)8-4-13-15-9(8)20-7-14-16-17-20/h7-9,13,15H,2-6H2,1H3. The van der Waals surface area contributed by atoms with E-state index in [4.69, 9.17) is 4.74 Å². The zero-order valence-electron chi connectivity index (χ0n) is 12.7. The van der Waals surface area contributed by atoms with Gasteiger partial charge in [0.25, 0.3) is 0 Å². The van der Waals surface area contributed by atoms with Crippen molar-refractivity contribution in [3.8, 4) is 0 Å². The van der Waals surface area contributed by atoms with Gasteiger partial charge < -0.3 is 14.5 Å². The average molecular weight is 322 g/mol. The van der Waals surface area contributed by atoms with Crippen LogP contribution in [0.5, 0.6) is 0 Å². The van der Waals surface area contributed by atoms with Crippen LogP contribution >= 0.6 is 0 Å². The number of ether oxygens (including phenoxy) is 1. The van der Waals surface area contributed by atoms with Crippen LogP contribution in [-0.2, 0) is 9.53 Å². The summed E-state index contributed by atoms with van der Waals surface area (Å²) >= 11 is 0. The lowest BCUT2D eigenvalue weighted by Crippen LogP contribution is -2.43. The number of carbonyl (C=O) groups excluding carboxylic acids is 2. The van der Waals surface area contributed by atoms with Crippen molar-refractivity contribution in [2.24, 2.45) is 5.92 Å². The number of hydrogen-bond donors (Lipinski definition) is 2. The molecule has 2 amide bonds. The summed E-state index contributed by atoms with van der Waals surface area (Å²) in [5.41, 5.74) is 5.44. The number of amides is 2. The fourth-order valence-corrected chi connectivity index (χ4v) is 3.53. The predicted molar refractivity (Wildman–Crippen MR) is 74.5 cm³/mol. The highest BCUT2D eigenvalue weighted by atomic mass is 16.6. The van der Waals surface area contributed by atoms with Gasteiger partial charge in [-0.3, -0.25) is 10.2 Å². The van der Waals surface area contributed by atoms with Crippen molar-refractivity contribution in [2.45, 2.75) is 18.2 Å². The summed E-state index contributed by atoms with van der Waals surface area (Å²) in [5.74, 6) is -0.311. The highest BCUT2D eigenvalue weighted by molar-refractivity contribution is 5.80. The highest BCUT2D eigenvalue weighted by Gasteiger charge is 2.51. The van der Waals surface area contributed by atoms with Gasteiger partial charge in [-0.2, -0.15) is 0 Å². The second kappa shape index (κ2) is 5.13.